The van der Waals surface area contributed by atoms with Gasteiger partial charge in [-0.1, -0.05) is 25.1 Å². The Kier molecular flexibility index (Phi) is 8.30. The third-order valence-electron chi connectivity index (χ3n) is 2.96. The molecule has 0 heterocycles. The fourth-order valence-electron chi connectivity index (χ4n) is 1.95. The van der Waals surface area contributed by atoms with E-state index in [2.05, 4.69) is 5.32 Å². The molecule has 1 atom stereocenters. The van der Waals surface area contributed by atoms with E-state index in [1.807, 2.05) is 6.92 Å². The number of ether oxygens (including phenoxy) is 1. The van der Waals surface area contributed by atoms with Gasteiger partial charge in [-0.05, 0) is 37.4 Å². The van der Waals surface area contributed by atoms with E-state index in [1.165, 1.54) is 6.07 Å². The van der Waals surface area contributed by atoms with Crippen LogP contribution in [0, 0.1) is 5.82 Å². The predicted molar refractivity (Wildman–Crippen MR) is 73.6 cm³/mol. The Morgan fingerprint density at radius 3 is 2.65 bits per heavy atom. The minimum atomic E-state index is -2.44. The van der Waals surface area contributed by atoms with E-state index in [0.717, 1.165) is 13.0 Å². The molecule has 2 nitrogen and oxygen atoms in total. The number of alkyl halides is 2. The number of rotatable bonds is 10. The number of nitrogens with one attached hydrogen (secondary N) is 1. The first-order valence-corrected chi connectivity index (χ1v) is 6.96. The molecule has 20 heavy (non-hydrogen) atoms. The molecular formula is C15H22F3NO. The van der Waals surface area contributed by atoms with Crippen molar-refractivity contribution in [1.82, 2.24) is 5.32 Å². The van der Waals surface area contributed by atoms with Crippen LogP contribution in [0.5, 0.6) is 0 Å². The summed E-state index contributed by atoms with van der Waals surface area (Å²) in [6, 6.07) is 6.65. The number of hydrogen-bond donors (Lipinski definition) is 1. The van der Waals surface area contributed by atoms with Gasteiger partial charge in [0.25, 0.3) is 6.43 Å². The summed E-state index contributed by atoms with van der Waals surface area (Å²) in [7, 11) is 0. The summed E-state index contributed by atoms with van der Waals surface area (Å²) in [5.74, 6) is -0.232. The average molecular weight is 289 g/mol. The van der Waals surface area contributed by atoms with Crippen LogP contribution in [-0.4, -0.2) is 32.2 Å². The van der Waals surface area contributed by atoms with Crippen LogP contribution in [0.4, 0.5) is 13.2 Å². The SMILES string of the molecule is CCCNC(CCOCC(F)F)Cc1ccccc1F. The van der Waals surface area contributed by atoms with Crippen LogP contribution in [0.15, 0.2) is 24.3 Å². The van der Waals surface area contributed by atoms with E-state index in [4.69, 9.17) is 4.74 Å². The lowest BCUT2D eigenvalue weighted by Crippen LogP contribution is -2.33. The zero-order valence-electron chi connectivity index (χ0n) is 11.7. The summed E-state index contributed by atoms with van der Waals surface area (Å²) < 4.78 is 42.4. The highest BCUT2D eigenvalue weighted by Crippen LogP contribution is 2.11. The summed E-state index contributed by atoms with van der Waals surface area (Å²) in [6.45, 7) is 2.56. The largest absolute Gasteiger partial charge is 0.375 e. The Morgan fingerprint density at radius 2 is 2.00 bits per heavy atom. The van der Waals surface area contributed by atoms with Gasteiger partial charge in [0.15, 0.2) is 0 Å². The molecule has 0 fully saturated rings. The lowest BCUT2D eigenvalue weighted by Gasteiger charge is -2.19. The maximum absolute atomic E-state index is 13.6. The fraction of sp³-hybridized carbons (Fsp3) is 0.600. The van der Waals surface area contributed by atoms with Gasteiger partial charge in [0.1, 0.15) is 12.4 Å². The first-order chi connectivity index (χ1) is 9.63. The summed E-state index contributed by atoms with van der Waals surface area (Å²) in [5, 5.41) is 3.30. The van der Waals surface area contributed by atoms with Gasteiger partial charge >= 0.3 is 0 Å². The Bertz CT molecular complexity index is 374. The van der Waals surface area contributed by atoms with Crippen LogP contribution >= 0.6 is 0 Å². The predicted octanol–water partition coefficient (Wildman–Crippen LogP) is 3.41. The van der Waals surface area contributed by atoms with Crippen molar-refractivity contribution in [2.24, 2.45) is 0 Å². The van der Waals surface area contributed by atoms with Crippen LogP contribution in [0.3, 0.4) is 0 Å². The van der Waals surface area contributed by atoms with E-state index in [9.17, 15) is 13.2 Å². The second kappa shape index (κ2) is 9.77. The second-order valence-corrected chi connectivity index (χ2v) is 4.70. The molecule has 0 aliphatic carbocycles. The van der Waals surface area contributed by atoms with Crippen LogP contribution in [0.1, 0.15) is 25.3 Å². The van der Waals surface area contributed by atoms with Gasteiger partial charge in [0.2, 0.25) is 0 Å². The average Bonchev–Trinajstić information content (AvgIpc) is 2.42. The van der Waals surface area contributed by atoms with Crippen molar-refractivity contribution in [3.63, 3.8) is 0 Å². The fourth-order valence-corrected chi connectivity index (χ4v) is 1.95. The number of hydrogen-bond acceptors (Lipinski definition) is 2. The molecule has 0 spiro atoms. The molecule has 0 radical (unpaired) electrons. The van der Waals surface area contributed by atoms with E-state index in [1.54, 1.807) is 18.2 Å². The van der Waals surface area contributed by atoms with Crippen LogP contribution in [0.2, 0.25) is 0 Å². The van der Waals surface area contributed by atoms with Crippen LogP contribution in [-0.2, 0) is 11.2 Å². The highest BCUT2D eigenvalue weighted by Gasteiger charge is 2.12. The van der Waals surface area contributed by atoms with Gasteiger partial charge < -0.3 is 10.1 Å². The molecule has 1 rings (SSSR count). The zero-order chi connectivity index (χ0) is 14.8. The van der Waals surface area contributed by atoms with Gasteiger partial charge in [0.05, 0.1) is 0 Å². The molecule has 0 bridgehead atoms. The topological polar surface area (TPSA) is 21.3 Å². The maximum atomic E-state index is 13.6. The summed E-state index contributed by atoms with van der Waals surface area (Å²) >= 11 is 0. The molecule has 0 aliphatic rings. The maximum Gasteiger partial charge on any atom is 0.261 e. The van der Waals surface area contributed by atoms with Crippen molar-refractivity contribution in [2.45, 2.75) is 38.7 Å². The van der Waals surface area contributed by atoms with E-state index >= 15 is 0 Å². The van der Waals surface area contributed by atoms with Gasteiger partial charge in [-0.2, -0.15) is 0 Å². The first-order valence-electron chi connectivity index (χ1n) is 6.96. The molecule has 5 heteroatoms. The van der Waals surface area contributed by atoms with Crippen molar-refractivity contribution in [3.05, 3.63) is 35.6 Å². The molecular weight excluding hydrogens is 267 g/mol. The Labute approximate surface area is 118 Å². The van der Waals surface area contributed by atoms with E-state index < -0.39 is 13.0 Å². The second-order valence-electron chi connectivity index (χ2n) is 4.70. The monoisotopic (exact) mass is 289 g/mol. The molecule has 0 saturated heterocycles. The quantitative estimate of drug-likeness (QED) is 0.667. The zero-order valence-corrected chi connectivity index (χ0v) is 11.7. The van der Waals surface area contributed by atoms with Crippen molar-refractivity contribution in [1.29, 1.82) is 0 Å². The first kappa shape index (κ1) is 17.0. The van der Waals surface area contributed by atoms with Crippen molar-refractivity contribution >= 4 is 0 Å². The third-order valence-corrected chi connectivity index (χ3v) is 2.96. The summed E-state index contributed by atoms with van der Waals surface area (Å²) in [4.78, 5) is 0. The standard InChI is InChI=1S/C15H22F3NO/c1-2-8-19-13(7-9-20-11-15(17)18)10-12-5-3-4-6-14(12)16/h3-6,13,15,19H,2,7-11H2,1H3. The van der Waals surface area contributed by atoms with Gasteiger partial charge in [-0.25, -0.2) is 13.2 Å². The third kappa shape index (κ3) is 6.91. The summed E-state index contributed by atoms with van der Waals surface area (Å²) in [5.41, 5.74) is 0.634. The lowest BCUT2D eigenvalue weighted by atomic mass is 10.0. The van der Waals surface area contributed by atoms with Crippen molar-refractivity contribution < 1.29 is 17.9 Å². The van der Waals surface area contributed by atoms with E-state index in [-0.39, 0.29) is 18.5 Å². The molecule has 0 saturated carbocycles. The van der Waals surface area contributed by atoms with Crippen molar-refractivity contribution in [3.8, 4) is 0 Å². The smallest absolute Gasteiger partial charge is 0.261 e. The molecule has 114 valence electrons. The lowest BCUT2D eigenvalue weighted by molar-refractivity contribution is 0.0144. The van der Waals surface area contributed by atoms with Crippen LogP contribution < -0.4 is 5.32 Å². The molecule has 1 N–H and O–H groups in total. The van der Waals surface area contributed by atoms with Crippen molar-refractivity contribution in [2.75, 3.05) is 19.8 Å². The Hall–Kier alpha value is -1.07. The van der Waals surface area contributed by atoms with Gasteiger partial charge in [-0.15, -0.1) is 0 Å². The van der Waals surface area contributed by atoms with Crippen LogP contribution in [0.25, 0.3) is 0 Å². The molecule has 1 unspecified atom stereocenters. The summed E-state index contributed by atoms with van der Waals surface area (Å²) in [6.07, 6.45) is -0.360. The highest BCUT2D eigenvalue weighted by atomic mass is 19.3. The van der Waals surface area contributed by atoms with Gasteiger partial charge in [-0.3, -0.25) is 0 Å². The normalized spacial score (nSPS) is 12.8. The molecule has 0 aromatic heterocycles. The molecule has 1 aromatic carbocycles. The molecule has 1 aromatic rings. The number of benzene rings is 1. The number of halogens is 3. The minimum absolute atomic E-state index is 0.0320. The Morgan fingerprint density at radius 1 is 1.25 bits per heavy atom. The highest BCUT2D eigenvalue weighted by molar-refractivity contribution is 5.18. The molecule has 0 amide bonds. The van der Waals surface area contributed by atoms with E-state index in [0.29, 0.717) is 18.4 Å². The minimum Gasteiger partial charge on any atom is -0.375 e. The molecule has 0 aliphatic heterocycles. The van der Waals surface area contributed by atoms with Gasteiger partial charge in [0, 0.05) is 12.6 Å². The Balaban J connectivity index is 2.45.